The summed E-state index contributed by atoms with van der Waals surface area (Å²) in [5.41, 5.74) is 3.35. The first-order chi connectivity index (χ1) is 16.0. The van der Waals surface area contributed by atoms with E-state index in [0.717, 1.165) is 22.6 Å². The summed E-state index contributed by atoms with van der Waals surface area (Å²) in [6, 6.07) is 14.2. The molecule has 9 heteroatoms. The molecular weight excluding hydrogens is 438 g/mol. The summed E-state index contributed by atoms with van der Waals surface area (Å²) in [5, 5.41) is 8.42. The monoisotopic (exact) mass is 469 g/mol. The highest BCUT2D eigenvalue weighted by molar-refractivity contribution is 7.89. The van der Waals surface area contributed by atoms with Crippen molar-refractivity contribution in [1.82, 2.24) is 14.4 Å². The number of rotatable bonds is 6. The van der Waals surface area contributed by atoms with Crippen LogP contribution in [0.1, 0.15) is 33.3 Å². The Balaban J connectivity index is 0.000000914. The fourth-order valence-corrected chi connectivity index (χ4v) is 3.62. The number of nitrogens with zero attached hydrogens (tertiary/aromatic N) is 3. The van der Waals surface area contributed by atoms with E-state index in [0.29, 0.717) is 18.0 Å². The maximum atomic E-state index is 11.5. The van der Waals surface area contributed by atoms with Crippen LogP contribution in [0, 0.1) is 0 Å². The number of sulfonamides is 1. The lowest BCUT2D eigenvalue weighted by Gasteiger charge is -2.09. The number of hydrogen-bond donors (Lipinski definition) is 2. The van der Waals surface area contributed by atoms with E-state index in [-0.39, 0.29) is 4.90 Å². The molecule has 4 aromatic rings. The van der Waals surface area contributed by atoms with Crippen LogP contribution >= 0.6 is 0 Å². The number of anilines is 1. The van der Waals surface area contributed by atoms with E-state index in [1.54, 1.807) is 25.6 Å². The highest BCUT2D eigenvalue weighted by Gasteiger charge is 2.11. The van der Waals surface area contributed by atoms with E-state index >= 15 is 0 Å². The zero-order chi connectivity index (χ0) is 24.4. The van der Waals surface area contributed by atoms with Gasteiger partial charge in [-0.05, 0) is 42.0 Å². The molecule has 3 N–H and O–H groups in total. The molecule has 2 aromatic heterocycles. The van der Waals surface area contributed by atoms with Gasteiger partial charge in [-0.15, -0.1) is 0 Å². The van der Waals surface area contributed by atoms with E-state index < -0.39 is 10.0 Å². The number of methoxy groups -OCH3 is 1. The number of nitrogens with one attached hydrogen (secondary N) is 1. The number of aromatic nitrogens is 3. The molecule has 0 aliphatic heterocycles. The number of imidazole rings is 1. The average molecular weight is 470 g/mol. The number of benzene rings is 2. The summed E-state index contributed by atoms with van der Waals surface area (Å²) in [5.74, 6) is 1.38. The summed E-state index contributed by atoms with van der Waals surface area (Å²) < 4.78 is 30.2. The fourth-order valence-electron chi connectivity index (χ4n) is 3.04. The zero-order valence-electron chi connectivity index (χ0n) is 19.6. The van der Waals surface area contributed by atoms with Gasteiger partial charge in [-0.3, -0.25) is 4.40 Å². The highest BCUT2D eigenvalue weighted by Crippen LogP contribution is 2.25. The SMILES string of the molecule is CC.CC.COc1ccc(-c2cnc3c(NCc4cccc(S(N)(=O)=O)c4)nccn23)cc1. The molecule has 0 bridgehead atoms. The van der Waals surface area contributed by atoms with Gasteiger partial charge in [-0.1, -0.05) is 39.8 Å². The lowest BCUT2D eigenvalue weighted by Crippen LogP contribution is -2.12. The standard InChI is InChI=1S/C20H19N5O3S.2C2H6/c1-28-16-7-5-15(6-8-16)18-13-24-20-19(22-9-10-25(18)20)23-12-14-3-2-4-17(11-14)29(21,26)27;2*1-2/h2-11,13H,12H2,1H3,(H,22,23)(H2,21,26,27);2*1-2H3. The maximum absolute atomic E-state index is 11.5. The fraction of sp³-hybridized carbons (Fsp3) is 0.250. The Morgan fingerprint density at radius 3 is 2.36 bits per heavy atom. The molecule has 8 nitrogen and oxygen atoms in total. The molecule has 176 valence electrons. The van der Waals surface area contributed by atoms with Crippen LogP contribution in [-0.2, 0) is 16.6 Å². The normalized spacial score (nSPS) is 10.5. The first-order valence-corrected chi connectivity index (χ1v) is 12.3. The third-order valence-corrected chi connectivity index (χ3v) is 5.41. The van der Waals surface area contributed by atoms with Gasteiger partial charge in [0.05, 0.1) is 23.9 Å². The van der Waals surface area contributed by atoms with Crippen LogP contribution in [0.5, 0.6) is 5.75 Å². The van der Waals surface area contributed by atoms with Crippen molar-refractivity contribution >= 4 is 21.5 Å². The van der Waals surface area contributed by atoms with E-state index in [4.69, 9.17) is 9.88 Å². The second-order valence-electron chi connectivity index (χ2n) is 6.39. The van der Waals surface area contributed by atoms with Crippen molar-refractivity contribution in [2.75, 3.05) is 12.4 Å². The lowest BCUT2D eigenvalue weighted by atomic mass is 10.1. The molecule has 4 rings (SSSR count). The molecule has 0 atom stereocenters. The molecule has 0 saturated heterocycles. The van der Waals surface area contributed by atoms with Crippen LogP contribution < -0.4 is 15.2 Å². The predicted octanol–water partition coefficient (Wildman–Crippen LogP) is 4.72. The smallest absolute Gasteiger partial charge is 0.238 e. The molecule has 0 aliphatic rings. The molecule has 0 radical (unpaired) electrons. The number of fused-ring (bicyclic) bond motifs is 1. The van der Waals surface area contributed by atoms with Crippen LogP contribution in [0.3, 0.4) is 0 Å². The van der Waals surface area contributed by atoms with Crippen molar-refractivity contribution in [3.05, 3.63) is 72.7 Å². The molecule has 0 fully saturated rings. The third kappa shape index (κ3) is 6.30. The first-order valence-electron chi connectivity index (χ1n) is 10.8. The Labute approximate surface area is 195 Å². The Kier molecular flexibility index (Phi) is 9.38. The minimum atomic E-state index is -3.74. The Hall–Kier alpha value is -3.43. The molecule has 2 aromatic carbocycles. The largest absolute Gasteiger partial charge is 0.497 e. The molecule has 0 saturated carbocycles. The first kappa shape index (κ1) is 25.8. The van der Waals surface area contributed by atoms with Gasteiger partial charge in [0.1, 0.15) is 5.75 Å². The lowest BCUT2D eigenvalue weighted by molar-refractivity contribution is 0.415. The van der Waals surface area contributed by atoms with Gasteiger partial charge in [0, 0.05) is 24.5 Å². The molecule has 0 unspecified atom stereocenters. The van der Waals surface area contributed by atoms with E-state index in [1.807, 2.05) is 68.6 Å². The minimum absolute atomic E-state index is 0.0746. The molecule has 0 amide bonds. The van der Waals surface area contributed by atoms with Crippen LogP contribution in [0.4, 0.5) is 5.82 Å². The van der Waals surface area contributed by atoms with E-state index in [9.17, 15) is 8.42 Å². The van der Waals surface area contributed by atoms with Gasteiger partial charge < -0.3 is 10.1 Å². The molecule has 2 heterocycles. The van der Waals surface area contributed by atoms with Crippen molar-refractivity contribution in [2.45, 2.75) is 39.1 Å². The van der Waals surface area contributed by atoms with Gasteiger partial charge in [0.2, 0.25) is 10.0 Å². The highest BCUT2D eigenvalue weighted by atomic mass is 32.2. The van der Waals surface area contributed by atoms with E-state index in [2.05, 4.69) is 15.3 Å². The second-order valence-corrected chi connectivity index (χ2v) is 7.95. The number of ether oxygens (including phenoxy) is 1. The van der Waals surface area contributed by atoms with Crippen molar-refractivity contribution in [3.8, 4) is 17.0 Å². The average Bonchev–Trinajstić information content (AvgIpc) is 3.30. The summed E-state index contributed by atoms with van der Waals surface area (Å²) in [6.45, 7) is 8.38. The molecule has 0 spiro atoms. The van der Waals surface area contributed by atoms with Crippen molar-refractivity contribution in [2.24, 2.45) is 5.14 Å². The van der Waals surface area contributed by atoms with Crippen molar-refractivity contribution < 1.29 is 13.2 Å². The summed E-state index contributed by atoms with van der Waals surface area (Å²) >= 11 is 0. The third-order valence-electron chi connectivity index (χ3n) is 4.50. The summed E-state index contributed by atoms with van der Waals surface area (Å²) in [4.78, 5) is 8.94. The van der Waals surface area contributed by atoms with Gasteiger partial charge in [-0.25, -0.2) is 23.5 Å². The zero-order valence-corrected chi connectivity index (χ0v) is 20.4. The Bertz CT molecular complexity index is 1270. The molecular formula is C24H31N5O3S. The summed E-state index contributed by atoms with van der Waals surface area (Å²) in [6.07, 6.45) is 5.31. The van der Waals surface area contributed by atoms with Crippen LogP contribution in [0.15, 0.2) is 72.0 Å². The van der Waals surface area contributed by atoms with Gasteiger partial charge in [0.25, 0.3) is 0 Å². The van der Waals surface area contributed by atoms with Gasteiger partial charge in [-0.2, -0.15) is 0 Å². The number of primary sulfonamides is 1. The topological polar surface area (TPSA) is 112 Å². The van der Waals surface area contributed by atoms with Crippen LogP contribution in [0.25, 0.3) is 16.9 Å². The Morgan fingerprint density at radius 2 is 1.73 bits per heavy atom. The molecule has 0 aliphatic carbocycles. The van der Waals surface area contributed by atoms with Crippen LogP contribution in [0.2, 0.25) is 0 Å². The quantitative estimate of drug-likeness (QED) is 0.423. The maximum Gasteiger partial charge on any atom is 0.238 e. The minimum Gasteiger partial charge on any atom is -0.497 e. The van der Waals surface area contributed by atoms with Crippen LogP contribution in [-0.4, -0.2) is 29.9 Å². The van der Waals surface area contributed by atoms with E-state index in [1.165, 1.54) is 12.1 Å². The Morgan fingerprint density at radius 1 is 1.03 bits per heavy atom. The van der Waals surface area contributed by atoms with Gasteiger partial charge >= 0.3 is 0 Å². The van der Waals surface area contributed by atoms with Gasteiger partial charge in [0.15, 0.2) is 11.5 Å². The number of hydrogen-bond acceptors (Lipinski definition) is 6. The van der Waals surface area contributed by atoms with Crippen molar-refractivity contribution in [3.63, 3.8) is 0 Å². The second kappa shape index (κ2) is 12.0. The molecule has 33 heavy (non-hydrogen) atoms. The summed E-state index contributed by atoms with van der Waals surface area (Å²) in [7, 11) is -2.11. The van der Waals surface area contributed by atoms with Crippen molar-refractivity contribution in [1.29, 1.82) is 0 Å². The number of nitrogens with two attached hydrogens (primary N) is 1. The predicted molar refractivity (Wildman–Crippen MR) is 133 cm³/mol.